The summed E-state index contributed by atoms with van der Waals surface area (Å²) < 4.78 is 0. The number of aliphatic hydroxyl groups is 1. The summed E-state index contributed by atoms with van der Waals surface area (Å²) in [6, 6.07) is 0. The van der Waals surface area contributed by atoms with Gasteiger partial charge in [-0.3, -0.25) is 0 Å². The first-order chi connectivity index (χ1) is 9.65. The van der Waals surface area contributed by atoms with Crippen molar-refractivity contribution in [2.45, 2.75) is 45.6 Å². The van der Waals surface area contributed by atoms with E-state index in [1.807, 2.05) is 0 Å². The Hall–Kier alpha value is -1.36. The normalized spacial score (nSPS) is 21.4. The minimum atomic E-state index is -0.0915. The molecule has 0 bridgehead atoms. The number of nitrogens with one attached hydrogen (secondary N) is 1. The van der Waals surface area contributed by atoms with E-state index in [2.05, 4.69) is 41.1 Å². The van der Waals surface area contributed by atoms with E-state index in [4.69, 9.17) is 0 Å². The molecule has 0 radical (unpaired) electrons. The Morgan fingerprint density at radius 1 is 1.35 bits per heavy atom. The molecule has 1 heterocycles. The molecular formula is C15H26N4O. The molecule has 0 aromatic carbocycles. The van der Waals surface area contributed by atoms with Gasteiger partial charge in [0.25, 0.3) is 0 Å². The molecule has 0 atom stereocenters. The van der Waals surface area contributed by atoms with Crippen molar-refractivity contribution in [1.29, 1.82) is 0 Å². The first kappa shape index (κ1) is 15.0. The van der Waals surface area contributed by atoms with Gasteiger partial charge in [0.1, 0.15) is 18.0 Å². The van der Waals surface area contributed by atoms with Crippen LogP contribution >= 0.6 is 0 Å². The first-order valence-corrected chi connectivity index (χ1v) is 7.62. The third kappa shape index (κ3) is 3.39. The Kier molecular flexibility index (Phi) is 5.17. The van der Waals surface area contributed by atoms with Crippen LogP contribution in [0.5, 0.6) is 0 Å². The van der Waals surface area contributed by atoms with Gasteiger partial charge in [0.2, 0.25) is 0 Å². The van der Waals surface area contributed by atoms with Gasteiger partial charge in [0.05, 0.1) is 6.10 Å². The Bertz CT molecular complexity index is 432. The monoisotopic (exact) mass is 278 g/mol. The van der Waals surface area contributed by atoms with Crippen molar-refractivity contribution < 1.29 is 5.11 Å². The zero-order valence-corrected chi connectivity index (χ0v) is 12.8. The maximum Gasteiger partial charge on any atom is 0.137 e. The molecule has 20 heavy (non-hydrogen) atoms. The summed E-state index contributed by atoms with van der Waals surface area (Å²) in [7, 11) is 2.09. The predicted octanol–water partition coefficient (Wildman–Crippen LogP) is 2.07. The molecule has 5 heteroatoms. The minimum absolute atomic E-state index is 0.0915. The molecule has 1 fully saturated rings. The molecule has 0 spiro atoms. The Balaban J connectivity index is 2.13. The van der Waals surface area contributed by atoms with Crippen molar-refractivity contribution in [3.8, 4) is 0 Å². The second-order valence-electron chi connectivity index (χ2n) is 5.68. The maximum atomic E-state index is 9.40. The van der Waals surface area contributed by atoms with Crippen LogP contribution in [-0.2, 0) is 6.42 Å². The van der Waals surface area contributed by atoms with Gasteiger partial charge in [0, 0.05) is 25.7 Å². The second kappa shape index (κ2) is 6.88. The zero-order chi connectivity index (χ0) is 14.5. The molecule has 1 aromatic heterocycles. The number of rotatable bonds is 7. The number of hydrogen-bond donors (Lipinski definition) is 2. The van der Waals surface area contributed by atoms with E-state index < -0.39 is 0 Å². The van der Waals surface area contributed by atoms with Crippen LogP contribution in [0.3, 0.4) is 0 Å². The Morgan fingerprint density at radius 2 is 2.10 bits per heavy atom. The molecule has 1 aliphatic carbocycles. The van der Waals surface area contributed by atoms with E-state index in [1.165, 1.54) is 5.56 Å². The third-order valence-corrected chi connectivity index (χ3v) is 3.87. The molecule has 0 unspecified atom stereocenters. The second-order valence-corrected chi connectivity index (χ2v) is 5.68. The third-order valence-electron chi connectivity index (χ3n) is 3.87. The fraction of sp³-hybridized carbons (Fsp3) is 0.733. The fourth-order valence-electron chi connectivity index (χ4n) is 2.86. The van der Waals surface area contributed by atoms with Crippen LogP contribution in [0.2, 0.25) is 0 Å². The highest BCUT2D eigenvalue weighted by Crippen LogP contribution is 2.30. The van der Waals surface area contributed by atoms with E-state index >= 15 is 0 Å². The van der Waals surface area contributed by atoms with Gasteiger partial charge in [-0.1, -0.05) is 13.3 Å². The zero-order valence-electron chi connectivity index (χ0n) is 12.8. The van der Waals surface area contributed by atoms with Crippen molar-refractivity contribution in [3.63, 3.8) is 0 Å². The summed E-state index contributed by atoms with van der Waals surface area (Å²) in [4.78, 5) is 11.1. The number of aromatic nitrogens is 2. The van der Waals surface area contributed by atoms with E-state index in [9.17, 15) is 5.11 Å². The lowest BCUT2D eigenvalue weighted by atomic mass is 9.82. The molecular weight excluding hydrogens is 252 g/mol. The molecule has 0 aliphatic heterocycles. The minimum Gasteiger partial charge on any atom is -0.393 e. The van der Waals surface area contributed by atoms with Crippen LogP contribution in [0.25, 0.3) is 0 Å². The largest absolute Gasteiger partial charge is 0.393 e. The summed E-state index contributed by atoms with van der Waals surface area (Å²) in [6.45, 7) is 6.08. The molecule has 1 saturated carbocycles. The number of hydrogen-bond acceptors (Lipinski definition) is 5. The summed E-state index contributed by atoms with van der Waals surface area (Å²) in [6.07, 6.45) is 5.44. The SMILES string of the molecule is CCCc1c(NCC)ncnc1N(C)CC1CC(O)C1. The van der Waals surface area contributed by atoms with Crippen molar-refractivity contribution in [3.05, 3.63) is 11.9 Å². The topological polar surface area (TPSA) is 61.3 Å². The van der Waals surface area contributed by atoms with Crippen LogP contribution in [0.1, 0.15) is 38.7 Å². The van der Waals surface area contributed by atoms with Crippen LogP contribution < -0.4 is 10.2 Å². The van der Waals surface area contributed by atoms with Gasteiger partial charge in [-0.05, 0) is 32.1 Å². The quantitative estimate of drug-likeness (QED) is 0.799. The van der Waals surface area contributed by atoms with Crippen LogP contribution in [0.4, 0.5) is 11.6 Å². The average Bonchev–Trinajstić information content (AvgIpc) is 2.39. The maximum absolute atomic E-state index is 9.40. The lowest BCUT2D eigenvalue weighted by molar-refractivity contribution is 0.0464. The van der Waals surface area contributed by atoms with Crippen LogP contribution in [-0.4, -0.2) is 41.3 Å². The lowest BCUT2D eigenvalue weighted by Crippen LogP contribution is -2.37. The van der Waals surface area contributed by atoms with Gasteiger partial charge in [-0.15, -0.1) is 0 Å². The molecule has 0 saturated heterocycles. The van der Waals surface area contributed by atoms with Gasteiger partial charge < -0.3 is 15.3 Å². The summed E-state index contributed by atoms with van der Waals surface area (Å²) in [5.74, 6) is 2.57. The van der Waals surface area contributed by atoms with Crippen molar-refractivity contribution >= 4 is 11.6 Å². The van der Waals surface area contributed by atoms with Gasteiger partial charge in [-0.25, -0.2) is 9.97 Å². The molecule has 0 amide bonds. The molecule has 1 aromatic rings. The predicted molar refractivity (Wildman–Crippen MR) is 82.2 cm³/mol. The average molecular weight is 278 g/mol. The summed E-state index contributed by atoms with van der Waals surface area (Å²) in [5.41, 5.74) is 1.21. The highest BCUT2D eigenvalue weighted by atomic mass is 16.3. The molecule has 2 N–H and O–H groups in total. The molecule has 2 rings (SSSR count). The number of nitrogens with zero attached hydrogens (tertiary/aromatic N) is 3. The fourth-order valence-corrected chi connectivity index (χ4v) is 2.86. The van der Waals surface area contributed by atoms with Crippen molar-refractivity contribution in [1.82, 2.24) is 9.97 Å². The standard InChI is InChI=1S/C15H26N4O/c1-4-6-13-14(16-5-2)17-10-18-15(13)19(3)9-11-7-12(20)8-11/h10-12,20H,4-9H2,1-3H3,(H,16,17,18). The van der Waals surface area contributed by atoms with E-state index in [-0.39, 0.29) is 6.10 Å². The highest BCUT2D eigenvalue weighted by molar-refractivity contribution is 5.58. The van der Waals surface area contributed by atoms with Gasteiger partial charge >= 0.3 is 0 Å². The van der Waals surface area contributed by atoms with Crippen LogP contribution in [0.15, 0.2) is 6.33 Å². The van der Waals surface area contributed by atoms with Crippen molar-refractivity contribution in [2.24, 2.45) is 5.92 Å². The molecule has 112 valence electrons. The number of aliphatic hydroxyl groups excluding tert-OH is 1. The Morgan fingerprint density at radius 3 is 2.70 bits per heavy atom. The van der Waals surface area contributed by atoms with Crippen molar-refractivity contribution in [2.75, 3.05) is 30.4 Å². The van der Waals surface area contributed by atoms with Gasteiger partial charge in [-0.2, -0.15) is 0 Å². The Labute approximate surface area is 121 Å². The van der Waals surface area contributed by atoms with E-state index in [0.717, 1.165) is 50.4 Å². The smallest absolute Gasteiger partial charge is 0.137 e. The number of anilines is 2. The molecule has 1 aliphatic rings. The summed E-state index contributed by atoms with van der Waals surface area (Å²) >= 11 is 0. The lowest BCUT2D eigenvalue weighted by Gasteiger charge is -2.35. The van der Waals surface area contributed by atoms with Gasteiger partial charge in [0.15, 0.2) is 0 Å². The highest BCUT2D eigenvalue weighted by Gasteiger charge is 2.28. The molecule has 5 nitrogen and oxygen atoms in total. The first-order valence-electron chi connectivity index (χ1n) is 7.62. The van der Waals surface area contributed by atoms with E-state index in [0.29, 0.717) is 5.92 Å². The summed E-state index contributed by atoms with van der Waals surface area (Å²) in [5, 5.41) is 12.7. The van der Waals surface area contributed by atoms with E-state index in [1.54, 1.807) is 6.33 Å². The van der Waals surface area contributed by atoms with Crippen LogP contribution in [0, 0.1) is 5.92 Å².